The summed E-state index contributed by atoms with van der Waals surface area (Å²) in [5.41, 5.74) is 5.31. The van der Waals surface area contributed by atoms with E-state index < -0.39 is 0 Å². The van der Waals surface area contributed by atoms with Crippen LogP contribution in [0.25, 0.3) is 22.2 Å². The van der Waals surface area contributed by atoms with E-state index in [0.29, 0.717) is 18.5 Å². The van der Waals surface area contributed by atoms with Gasteiger partial charge < -0.3 is 13.9 Å². The fourth-order valence-corrected chi connectivity index (χ4v) is 3.47. The van der Waals surface area contributed by atoms with E-state index in [4.69, 9.17) is 13.9 Å². The molecule has 4 rings (SSSR count). The summed E-state index contributed by atoms with van der Waals surface area (Å²) in [6.45, 7) is 6.29. The van der Waals surface area contributed by atoms with E-state index in [1.165, 1.54) is 11.1 Å². The molecule has 1 atom stereocenters. The number of benzene rings is 2. The summed E-state index contributed by atoms with van der Waals surface area (Å²) >= 11 is 0. The van der Waals surface area contributed by atoms with E-state index in [2.05, 4.69) is 53.2 Å². The third-order valence-electron chi connectivity index (χ3n) is 5.02. The molecule has 0 aliphatic carbocycles. The highest BCUT2D eigenvalue weighted by Crippen LogP contribution is 2.28. The van der Waals surface area contributed by atoms with Gasteiger partial charge in [0.15, 0.2) is 5.58 Å². The largest absolute Gasteiger partial charge is 0.438 e. The average molecular weight is 352 g/mol. The molecule has 1 saturated heterocycles. The first kappa shape index (κ1) is 17.2. The molecule has 26 heavy (non-hydrogen) atoms. The Morgan fingerprint density at radius 2 is 1.81 bits per heavy atom. The summed E-state index contributed by atoms with van der Waals surface area (Å²) in [5.74, 6) is 0.606. The lowest BCUT2D eigenvalue weighted by Crippen LogP contribution is -2.37. The first-order valence-corrected chi connectivity index (χ1v) is 9.05. The summed E-state index contributed by atoms with van der Waals surface area (Å²) in [6, 6.07) is 15.3. The molecule has 0 N–H and O–H groups in total. The van der Waals surface area contributed by atoms with Crippen molar-refractivity contribution >= 4 is 11.1 Å². The molecule has 2 heterocycles. The molecule has 1 aliphatic rings. The maximum Gasteiger partial charge on any atom is 0.221 e. The minimum atomic E-state index is 0.387. The highest BCUT2D eigenvalue weighted by atomic mass is 16.5. The molecule has 5 nitrogen and oxygen atoms in total. The molecule has 1 aromatic heterocycles. The van der Waals surface area contributed by atoms with Crippen molar-refractivity contribution in [3.8, 4) is 11.1 Å². The number of ether oxygens (including phenoxy) is 2. The number of hydrogen-bond acceptors (Lipinski definition) is 5. The van der Waals surface area contributed by atoms with Gasteiger partial charge in [-0.1, -0.05) is 30.3 Å². The predicted octanol–water partition coefficient (Wildman–Crippen LogP) is 4.03. The molecule has 2 aromatic carbocycles. The van der Waals surface area contributed by atoms with Crippen molar-refractivity contribution in [1.29, 1.82) is 0 Å². The third kappa shape index (κ3) is 3.51. The zero-order chi connectivity index (χ0) is 17.9. The monoisotopic (exact) mass is 352 g/mol. The summed E-state index contributed by atoms with van der Waals surface area (Å²) in [7, 11) is 1.64. The first-order valence-electron chi connectivity index (χ1n) is 9.05. The Balaban J connectivity index is 1.55. The molecule has 0 amide bonds. The van der Waals surface area contributed by atoms with Gasteiger partial charge in [-0.15, -0.1) is 0 Å². The molecule has 0 saturated carbocycles. The summed E-state index contributed by atoms with van der Waals surface area (Å²) < 4.78 is 16.2. The van der Waals surface area contributed by atoms with Crippen molar-refractivity contribution in [1.82, 2.24) is 9.88 Å². The summed E-state index contributed by atoms with van der Waals surface area (Å²) in [5, 5.41) is 0. The number of morpholine rings is 1. The molecule has 0 bridgehead atoms. The fourth-order valence-electron chi connectivity index (χ4n) is 3.47. The van der Waals surface area contributed by atoms with Crippen LogP contribution in [0, 0.1) is 0 Å². The number of rotatable bonds is 5. The van der Waals surface area contributed by atoms with Crippen molar-refractivity contribution in [3.63, 3.8) is 0 Å². The highest BCUT2D eigenvalue weighted by Gasteiger charge is 2.18. The Bertz CT molecular complexity index is 867. The first-order chi connectivity index (χ1) is 12.7. The maximum atomic E-state index is 5.67. The third-order valence-corrected chi connectivity index (χ3v) is 5.02. The van der Waals surface area contributed by atoms with Gasteiger partial charge in [0.2, 0.25) is 5.89 Å². The Kier molecular flexibility index (Phi) is 5.02. The van der Waals surface area contributed by atoms with Gasteiger partial charge in [0.1, 0.15) is 12.1 Å². The van der Waals surface area contributed by atoms with Crippen LogP contribution in [-0.2, 0) is 16.1 Å². The lowest BCUT2D eigenvalue weighted by molar-refractivity contribution is 0.0198. The number of aromatic nitrogens is 1. The Morgan fingerprint density at radius 3 is 2.54 bits per heavy atom. The second-order valence-electron chi connectivity index (χ2n) is 6.67. The molecule has 5 heteroatoms. The minimum Gasteiger partial charge on any atom is -0.438 e. The average Bonchev–Trinajstić information content (AvgIpc) is 3.10. The second-order valence-corrected chi connectivity index (χ2v) is 6.67. The van der Waals surface area contributed by atoms with Crippen LogP contribution >= 0.6 is 0 Å². The van der Waals surface area contributed by atoms with Crippen molar-refractivity contribution in [2.45, 2.75) is 19.6 Å². The molecule has 0 radical (unpaired) electrons. The zero-order valence-corrected chi connectivity index (χ0v) is 15.3. The molecule has 3 aromatic rings. The maximum absolute atomic E-state index is 5.67. The van der Waals surface area contributed by atoms with E-state index in [0.717, 1.165) is 43.0 Å². The van der Waals surface area contributed by atoms with Gasteiger partial charge in [-0.25, -0.2) is 4.98 Å². The predicted molar refractivity (Wildman–Crippen MR) is 101 cm³/mol. The quantitative estimate of drug-likeness (QED) is 0.694. The number of methoxy groups -OCH3 is 1. The van der Waals surface area contributed by atoms with Crippen LogP contribution < -0.4 is 0 Å². The molecular formula is C21H24N2O3. The Morgan fingerprint density at radius 1 is 1.08 bits per heavy atom. The Labute approximate surface area is 153 Å². The molecule has 1 fully saturated rings. The lowest BCUT2D eigenvalue weighted by Gasteiger charge is -2.32. The van der Waals surface area contributed by atoms with E-state index in [1.807, 2.05) is 6.07 Å². The topological polar surface area (TPSA) is 47.7 Å². The molecule has 136 valence electrons. The van der Waals surface area contributed by atoms with E-state index in [1.54, 1.807) is 7.11 Å². The molecule has 0 spiro atoms. The van der Waals surface area contributed by atoms with E-state index in [9.17, 15) is 0 Å². The van der Waals surface area contributed by atoms with Crippen molar-refractivity contribution < 1.29 is 13.9 Å². The van der Waals surface area contributed by atoms with Crippen molar-refractivity contribution in [3.05, 3.63) is 53.9 Å². The van der Waals surface area contributed by atoms with Gasteiger partial charge >= 0.3 is 0 Å². The van der Waals surface area contributed by atoms with Crippen molar-refractivity contribution in [2.24, 2.45) is 0 Å². The SMILES string of the molecule is COCc1nc2cc(-c3ccc(C(C)N4CCOCC4)cc3)ccc2o1. The van der Waals surface area contributed by atoms with Gasteiger partial charge in [-0.05, 0) is 35.7 Å². The van der Waals surface area contributed by atoms with Gasteiger partial charge in [-0.2, -0.15) is 0 Å². The fraction of sp³-hybridized carbons (Fsp3) is 0.381. The van der Waals surface area contributed by atoms with Crippen LogP contribution in [0.5, 0.6) is 0 Å². The van der Waals surface area contributed by atoms with Crippen molar-refractivity contribution in [2.75, 3.05) is 33.4 Å². The van der Waals surface area contributed by atoms with Crippen LogP contribution in [0.15, 0.2) is 46.9 Å². The smallest absolute Gasteiger partial charge is 0.221 e. The van der Waals surface area contributed by atoms with E-state index >= 15 is 0 Å². The van der Waals surface area contributed by atoms with Crippen LogP contribution in [-0.4, -0.2) is 43.3 Å². The van der Waals surface area contributed by atoms with Gasteiger partial charge in [0.05, 0.1) is 13.2 Å². The Hall–Kier alpha value is -2.21. The number of hydrogen-bond donors (Lipinski definition) is 0. The minimum absolute atomic E-state index is 0.387. The number of oxazole rings is 1. The van der Waals surface area contributed by atoms with Gasteiger partial charge in [0.25, 0.3) is 0 Å². The zero-order valence-electron chi connectivity index (χ0n) is 15.3. The lowest BCUT2D eigenvalue weighted by atomic mass is 10.0. The molecular weight excluding hydrogens is 328 g/mol. The molecule has 1 aliphatic heterocycles. The van der Waals surface area contributed by atoms with Crippen LogP contribution in [0.1, 0.15) is 24.4 Å². The van der Waals surface area contributed by atoms with Crippen LogP contribution in [0.4, 0.5) is 0 Å². The summed E-state index contributed by atoms with van der Waals surface area (Å²) in [6.07, 6.45) is 0. The number of fused-ring (bicyclic) bond motifs is 1. The van der Waals surface area contributed by atoms with Gasteiger partial charge in [0, 0.05) is 26.2 Å². The second kappa shape index (κ2) is 7.58. The van der Waals surface area contributed by atoms with Crippen LogP contribution in [0.2, 0.25) is 0 Å². The normalized spacial score (nSPS) is 16.8. The summed E-state index contributed by atoms with van der Waals surface area (Å²) in [4.78, 5) is 6.95. The molecule has 1 unspecified atom stereocenters. The highest BCUT2D eigenvalue weighted by molar-refractivity contribution is 5.80. The van der Waals surface area contributed by atoms with Crippen LogP contribution in [0.3, 0.4) is 0 Å². The standard InChI is InChI=1S/C21H24N2O3/c1-15(23-9-11-25-12-10-23)16-3-5-17(6-4-16)18-7-8-20-19(13-18)22-21(26-20)14-24-2/h3-8,13,15H,9-12,14H2,1-2H3. The van der Waals surface area contributed by atoms with Gasteiger partial charge in [-0.3, -0.25) is 4.90 Å². The number of nitrogens with zero attached hydrogens (tertiary/aromatic N) is 2. The van der Waals surface area contributed by atoms with E-state index in [-0.39, 0.29) is 0 Å².